The molecular weight excluding hydrogens is 232 g/mol. The minimum absolute atomic E-state index is 0.187. The maximum Gasteiger partial charge on any atom is 0.165 e. The third-order valence-electron chi connectivity index (χ3n) is 3.08. The Balaban J connectivity index is 2.16. The topological polar surface area (TPSA) is 89.8 Å². The minimum atomic E-state index is 0.187. The van der Waals surface area contributed by atoms with Crippen LogP contribution in [0.25, 0.3) is 11.2 Å². The average molecular weight is 251 g/mol. The number of nitrogen functional groups attached to an aromatic ring is 1. The Kier molecular flexibility index (Phi) is 3.44. The van der Waals surface area contributed by atoms with Gasteiger partial charge in [0.1, 0.15) is 18.4 Å². The Hall–Kier alpha value is -1.73. The number of aromatic nitrogens is 4. The van der Waals surface area contributed by atoms with Crippen molar-refractivity contribution in [1.82, 2.24) is 19.5 Å². The van der Waals surface area contributed by atoms with E-state index in [4.69, 9.17) is 10.8 Å². The van der Waals surface area contributed by atoms with E-state index in [2.05, 4.69) is 29.0 Å². The van der Waals surface area contributed by atoms with Gasteiger partial charge in [0, 0.05) is 0 Å². The molecule has 2 rings (SSSR count). The lowest BCUT2D eigenvalue weighted by molar-refractivity contribution is -0.891. The number of aliphatic hydroxyl groups is 1. The normalized spacial score (nSPS) is 12.2. The van der Waals surface area contributed by atoms with E-state index >= 15 is 0 Å². The van der Waals surface area contributed by atoms with Gasteiger partial charge in [-0.05, 0) is 0 Å². The first-order chi connectivity index (χ1) is 8.53. The van der Waals surface area contributed by atoms with Crippen LogP contribution in [0.5, 0.6) is 0 Å². The number of hydrogen-bond donors (Lipinski definition) is 2. The Bertz CT molecular complexity index is 535. The first kappa shape index (κ1) is 12.7. The van der Waals surface area contributed by atoms with Crippen LogP contribution >= 0.6 is 0 Å². The molecule has 0 spiro atoms. The summed E-state index contributed by atoms with van der Waals surface area (Å²) in [5.74, 6) is 0.405. The summed E-state index contributed by atoms with van der Waals surface area (Å²) < 4.78 is 2.71. The van der Waals surface area contributed by atoms with Gasteiger partial charge in [-0.15, -0.1) is 0 Å². The monoisotopic (exact) mass is 251 g/mol. The minimum Gasteiger partial charge on any atom is -0.391 e. The van der Waals surface area contributed by atoms with Crippen LogP contribution in [0.4, 0.5) is 5.82 Å². The number of nitrogens with zero attached hydrogens (tertiary/aromatic N) is 5. The van der Waals surface area contributed by atoms with Gasteiger partial charge in [-0.3, -0.25) is 0 Å². The smallest absolute Gasteiger partial charge is 0.165 e. The van der Waals surface area contributed by atoms with E-state index in [-0.39, 0.29) is 6.61 Å². The molecule has 7 heteroatoms. The second kappa shape index (κ2) is 4.87. The van der Waals surface area contributed by atoms with Crippen LogP contribution in [-0.4, -0.2) is 62.9 Å². The van der Waals surface area contributed by atoms with E-state index in [9.17, 15) is 0 Å². The van der Waals surface area contributed by atoms with E-state index in [1.807, 2.05) is 4.57 Å². The van der Waals surface area contributed by atoms with Crippen LogP contribution in [0.15, 0.2) is 12.7 Å². The molecular formula is C11H19N6O+. The molecule has 0 atom stereocenters. The largest absolute Gasteiger partial charge is 0.391 e. The SMILES string of the molecule is C[N+](C)(CCO)CCn1cnc2c(N)ncnc21. The third-order valence-corrected chi connectivity index (χ3v) is 3.08. The highest BCUT2D eigenvalue weighted by atomic mass is 16.3. The van der Waals surface area contributed by atoms with Gasteiger partial charge in [-0.2, -0.15) is 0 Å². The zero-order valence-corrected chi connectivity index (χ0v) is 10.7. The number of rotatable bonds is 5. The van der Waals surface area contributed by atoms with Gasteiger partial charge in [0.15, 0.2) is 11.5 Å². The molecule has 2 heterocycles. The zero-order valence-electron chi connectivity index (χ0n) is 10.7. The van der Waals surface area contributed by atoms with Gasteiger partial charge in [0.2, 0.25) is 0 Å². The molecule has 0 saturated carbocycles. The van der Waals surface area contributed by atoms with Crippen molar-refractivity contribution < 1.29 is 9.59 Å². The van der Waals surface area contributed by atoms with Crippen molar-refractivity contribution in [3.05, 3.63) is 12.7 Å². The fraction of sp³-hybridized carbons (Fsp3) is 0.545. The number of hydrogen-bond acceptors (Lipinski definition) is 5. The first-order valence-corrected chi connectivity index (χ1v) is 5.88. The summed E-state index contributed by atoms with van der Waals surface area (Å²) in [6.07, 6.45) is 3.18. The molecule has 2 aromatic heterocycles. The van der Waals surface area contributed by atoms with Crippen LogP contribution in [0.3, 0.4) is 0 Å². The summed E-state index contributed by atoms with van der Waals surface area (Å²) in [5, 5.41) is 9.00. The highest BCUT2D eigenvalue weighted by molar-refractivity contribution is 5.80. The van der Waals surface area contributed by atoms with Crippen molar-refractivity contribution in [2.75, 3.05) is 39.5 Å². The molecule has 3 N–H and O–H groups in total. The van der Waals surface area contributed by atoms with Crippen LogP contribution in [0.1, 0.15) is 0 Å². The molecule has 98 valence electrons. The van der Waals surface area contributed by atoms with Crippen molar-refractivity contribution in [1.29, 1.82) is 0 Å². The summed E-state index contributed by atoms with van der Waals surface area (Å²) >= 11 is 0. The Morgan fingerprint density at radius 1 is 1.28 bits per heavy atom. The zero-order chi connectivity index (χ0) is 13.2. The summed E-state index contributed by atoms with van der Waals surface area (Å²) in [6.45, 7) is 2.58. The Morgan fingerprint density at radius 2 is 2.06 bits per heavy atom. The van der Waals surface area contributed by atoms with Gasteiger partial charge in [0.05, 0.1) is 40.1 Å². The Morgan fingerprint density at radius 3 is 2.78 bits per heavy atom. The number of nitrogens with two attached hydrogens (primary N) is 1. The summed E-state index contributed by atoms with van der Waals surface area (Å²) in [7, 11) is 4.16. The second-order valence-corrected chi connectivity index (χ2v) is 4.98. The summed E-state index contributed by atoms with van der Waals surface area (Å²) in [4.78, 5) is 12.3. The Labute approximate surface area is 105 Å². The summed E-state index contributed by atoms with van der Waals surface area (Å²) in [5.41, 5.74) is 7.13. The van der Waals surface area contributed by atoms with Crippen molar-refractivity contribution in [2.45, 2.75) is 6.54 Å². The fourth-order valence-electron chi connectivity index (χ4n) is 1.82. The van der Waals surface area contributed by atoms with Gasteiger partial charge >= 0.3 is 0 Å². The van der Waals surface area contributed by atoms with Crippen LogP contribution in [0.2, 0.25) is 0 Å². The van der Waals surface area contributed by atoms with E-state index in [0.29, 0.717) is 11.3 Å². The lowest BCUT2D eigenvalue weighted by atomic mass is 10.4. The van der Waals surface area contributed by atoms with Crippen LogP contribution in [-0.2, 0) is 6.54 Å². The molecule has 0 aliphatic heterocycles. The average Bonchev–Trinajstić information content (AvgIpc) is 2.71. The van der Waals surface area contributed by atoms with Gasteiger partial charge < -0.3 is 19.9 Å². The van der Waals surface area contributed by atoms with Crippen LogP contribution in [0, 0.1) is 0 Å². The van der Waals surface area contributed by atoms with E-state index in [0.717, 1.165) is 29.8 Å². The lowest BCUT2D eigenvalue weighted by Gasteiger charge is -2.28. The molecule has 0 saturated heterocycles. The number of imidazole rings is 1. The van der Waals surface area contributed by atoms with Gasteiger partial charge in [-0.1, -0.05) is 0 Å². The molecule has 0 bridgehead atoms. The van der Waals surface area contributed by atoms with Gasteiger partial charge in [-0.25, -0.2) is 15.0 Å². The van der Waals surface area contributed by atoms with Crippen LogP contribution < -0.4 is 5.73 Å². The predicted molar refractivity (Wildman–Crippen MR) is 68.7 cm³/mol. The fourth-order valence-corrected chi connectivity index (χ4v) is 1.82. The van der Waals surface area contributed by atoms with Crippen molar-refractivity contribution in [3.8, 4) is 0 Å². The molecule has 0 unspecified atom stereocenters. The maximum absolute atomic E-state index is 9.00. The van der Waals surface area contributed by atoms with Gasteiger partial charge in [0.25, 0.3) is 0 Å². The lowest BCUT2D eigenvalue weighted by Crippen LogP contribution is -2.44. The summed E-state index contributed by atoms with van der Waals surface area (Å²) in [6, 6.07) is 0. The first-order valence-electron chi connectivity index (χ1n) is 5.88. The van der Waals surface area contributed by atoms with Crippen molar-refractivity contribution in [2.24, 2.45) is 0 Å². The maximum atomic E-state index is 9.00. The number of likely N-dealkylation sites (N-methyl/N-ethyl adjacent to an activating group) is 1. The number of quaternary nitrogens is 1. The highest BCUT2D eigenvalue weighted by Gasteiger charge is 2.15. The predicted octanol–water partition coefficient (Wildman–Crippen LogP) is -0.523. The highest BCUT2D eigenvalue weighted by Crippen LogP contribution is 2.14. The standard InChI is InChI=1S/C11H19N6O/c1-17(2,5-6-18)4-3-16-8-15-9-10(12)13-7-14-11(9)16/h7-8,18H,3-6H2,1-2H3,(H2,12,13,14)/q+1. The molecule has 0 fully saturated rings. The van der Waals surface area contributed by atoms with Crippen molar-refractivity contribution in [3.63, 3.8) is 0 Å². The molecule has 7 nitrogen and oxygen atoms in total. The van der Waals surface area contributed by atoms with E-state index in [1.165, 1.54) is 6.33 Å². The molecule has 0 aromatic carbocycles. The molecule has 18 heavy (non-hydrogen) atoms. The number of anilines is 1. The number of aliphatic hydroxyl groups excluding tert-OH is 1. The molecule has 0 radical (unpaired) electrons. The quantitative estimate of drug-likeness (QED) is 0.698. The number of fused-ring (bicyclic) bond motifs is 1. The molecule has 0 amide bonds. The molecule has 0 aliphatic rings. The third kappa shape index (κ3) is 2.57. The molecule has 0 aliphatic carbocycles. The van der Waals surface area contributed by atoms with E-state index in [1.54, 1.807) is 6.33 Å². The molecule has 2 aromatic rings. The van der Waals surface area contributed by atoms with E-state index < -0.39 is 0 Å². The second-order valence-electron chi connectivity index (χ2n) is 4.98. The van der Waals surface area contributed by atoms with Crippen molar-refractivity contribution >= 4 is 17.0 Å².